The molecule has 0 fully saturated rings. The summed E-state index contributed by atoms with van der Waals surface area (Å²) in [5.41, 5.74) is 0.683. The third-order valence-corrected chi connectivity index (χ3v) is 2.11. The molecule has 14 heavy (non-hydrogen) atoms. The van der Waals surface area contributed by atoms with Gasteiger partial charge in [0.2, 0.25) is 6.41 Å². The maximum Gasteiger partial charge on any atom is 0.211 e. The molecule has 0 radical (unpaired) electrons. The Bertz CT molecular complexity index is 315. The predicted molar refractivity (Wildman–Crippen MR) is 59.6 cm³/mol. The lowest BCUT2D eigenvalue weighted by Crippen LogP contribution is -2.01. The summed E-state index contributed by atoms with van der Waals surface area (Å²) in [6.45, 7) is 2.68. The summed E-state index contributed by atoms with van der Waals surface area (Å²) < 4.78 is 6.36. The first kappa shape index (κ1) is 11.0. The van der Waals surface area contributed by atoms with Crippen LogP contribution in [0.4, 0.5) is 5.69 Å². The zero-order chi connectivity index (χ0) is 10.4. The first-order chi connectivity index (χ1) is 6.77. The monoisotopic (exact) mass is 257 g/mol. The van der Waals surface area contributed by atoms with Gasteiger partial charge in [-0.05, 0) is 24.6 Å². The minimum Gasteiger partial charge on any atom is -0.491 e. The molecule has 0 aromatic heterocycles. The van der Waals surface area contributed by atoms with Gasteiger partial charge in [-0.25, -0.2) is 0 Å². The Morgan fingerprint density at radius 2 is 2.36 bits per heavy atom. The number of ether oxygens (including phenoxy) is 1. The molecule has 0 bridgehead atoms. The van der Waals surface area contributed by atoms with E-state index in [0.717, 1.165) is 10.9 Å². The fourth-order valence-corrected chi connectivity index (χ4v) is 1.38. The molecule has 0 heterocycles. The lowest BCUT2D eigenvalue weighted by Gasteiger charge is -2.09. The number of hydrogen-bond donors (Lipinski definition) is 1. The minimum absolute atomic E-state index is 0.639. The third kappa shape index (κ3) is 3.03. The summed E-state index contributed by atoms with van der Waals surface area (Å²) in [5.74, 6) is 0.696. The summed E-state index contributed by atoms with van der Waals surface area (Å²) >= 11 is 3.32. The standard InChI is InChI=1S/C10H12BrNO2/c1-2-5-14-10-4-3-8(11)6-9(10)12-7-13/h3-4,6-7H,2,5H2,1H3,(H,12,13). The van der Waals surface area contributed by atoms with E-state index < -0.39 is 0 Å². The molecule has 0 saturated heterocycles. The highest BCUT2D eigenvalue weighted by atomic mass is 79.9. The number of carbonyl (C=O) groups is 1. The molecule has 0 saturated carbocycles. The molecule has 1 aromatic rings. The zero-order valence-corrected chi connectivity index (χ0v) is 9.50. The van der Waals surface area contributed by atoms with Crippen LogP contribution in [0.1, 0.15) is 13.3 Å². The fraction of sp³-hybridized carbons (Fsp3) is 0.300. The van der Waals surface area contributed by atoms with Gasteiger partial charge in [0, 0.05) is 4.47 Å². The van der Waals surface area contributed by atoms with Crippen molar-refractivity contribution in [3.63, 3.8) is 0 Å². The van der Waals surface area contributed by atoms with Crippen molar-refractivity contribution in [1.29, 1.82) is 0 Å². The average molecular weight is 258 g/mol. The number of hydrogen-bond acceptors (Lipinski definition) is 2. The highest BCUT2D eigenvalue weighted by molar-refractivity contribution is 9.10. The Labute approximate surface area is 91.6 Å². The van der Waals surface area contributed by atoms with Crippen LogP contribution < -0.4 is 10.1 Å². The van der Waals surface area contributed by atoms with Gasteiger partial charge in [0.05, 0.1) is 12.3 Å². The van der Waals surface area contributed by atoms with Crippen LogP contribution in [0.25, 0.3) is 0 Å². The Morgan fingerprint density at radius 1 is 1.57 bits per heavy atom. The van der Waals surface area contributed by atoms with Crippen LogP contribution in [-0.4, -0.2) is 13.0 Å². The second kappa shape index (κ2) is 5.65. The number of halogens is 1. The summed E-state index contributed by atoms with van der Waals surface area (Å²) in [7, 11) is 0. The van der Waals surface area contributed by atoms with E-state index in [0.29, 0.717) is 24.5 Å². The van der Waals surface area contributed by atoms with E-state index in [1.807, 2.05) is 19.1 Å². The molecular weight excluding hydrogens is 246 g/mol. The predicted octanol–water partition coefficient (Wildman–Crippen LogP) is 2.81. The van der Waals surface area contributed by atoms with Crippen molar-refractivity contribution in [1.82, 2.24) is 0 Å². The summed E-state index contributed by atoms with van der Waals surface area (Å²) in [6.07, 6.45) is 1.58. The maximum absolute atomic E-state index is 10.3. The van der Waals surface area contributed by atoms with Gasteiger partial charge < -0.3 is 10.1 Å². The van der Waals surface area contributed by atoms with Crippen LogP contribution in [0.5, 0.6) is 5.75 Å². The van der Waals surface area contributed by atoms with Crippen LogP contribution in [0.2, 0.25) is 0 Å². The molecule has 3 nitrogen and oxygen atoms in total. The Hall–Kier alpha value is -1.03. The van der Waals surface area contributed by atoms with E-state index >= 15 is 0 Å². The van der Waals surface area contributed by atoms with Crippen LogP contribution in [0.3, 0.4) is 0 Å². The number of rotatable bonds is 5. The molecule has 0 atom stereocenters. The first-order valence-corrected chi connectivity index (χ1v) is 5.19. The molecule has 0 aliphatic heterocycles. The van der Waals surface area contributed by atoms with E-state index in [1.165, 1.54) is 0 Å². The van der Waals surface area contributed by atoms with E-state index in [-0.39, 0.29) is 0 Å². The number of carbonyl (C=O) groups excluding carboxylic acids is 1. The van der Waals surface area contributed by atoms with Crippen molar-refractivity contribution in [2.45, 2.75) is 13.3 Å². The Kier molecular flexibility index (Phi) is 4.46. The van der Waals surface area contributed by atoms with Crippen molar-refractivity contribution in [2.24, 2.45) is 0 Å². The topological polar surface area (TPSA) is 38.3 Å². The van der Waals surface area contributed by atoms with Crippen molar-refractivity contribution >= 4 is 28.0 Å². The van der Waals surface area contributed by atoms with Crippen molar-refractivity contribution in [3.8, 4) is 5.75 Å². The molecule has 0 aliphatic carbocycles. The SMILES string of the molecule is CCCOc1ccc(Br)cc1NC=O. The van der Waals surface area contributed by atoms with Gasteiger partial charge >= 0.3 is 0 Å². The second-order valence-electron chi connectivity index (χ2n) is 2.75. The largest absolute Gasteiger partial charge is 0.491 e. The molecule has 4 heteroatoms. The van der Waals surface area contributed by atoms with E-state index in [4.69, 9.17) is 4.74 Å². The third-order valence-electron chi connectivity index (χ3n) is 1.62. The van der Waals surface area contributed by atoms with Crippen LogP contribution in [0, 0.1) is 0 Å². The van der Waals surface area contributed by atoms with E-state index in [2.05, 4.69) is 21.2 Å². The molecule has 1 aromatic carbocycles. The van der Waals surface area contributed by atoms with Crippen LogP contribution in [-0.2, 0) is 4.79 Å². The average Bonchev–Trinajstić information content (AvgIpc) is 2.17. The molecule has 1 N–H and O–H groups in total. The Morgan fingerprint density at radius 3 is 3.00 bits per heavy atom. The van der Waals surface area contributed by atoms with Gasteiger partial charge in [-0.15, -0.1) is 0 Å². The number of anilines is 1. The number of amides is 1. The summed E-state index contributed by atoms with van der Waals surface area (Å²) in [5, 5.41) is 2.59. The number of nitrogens with one attached hydrogen (secondary N) is 1. The summed E-state index contributed by atoms with van der Waals surface area (Å²) in [6, 6.07) is 5.51. The molecule has 0 spiro atoms. The van der Waals surface area contributed by atoms with Gasteiger partial charge in [0.15, 0.2) is 0 Å². The molecule has 1 amide bonds. The quantitative estimate of drug-likeness (QED) is 0.824. The maximum atomic E-state index is 10.3. The molecular formula is C10H12BrNO2. The van der Waals surface area contributed by atoms with Crippen LogP contribution >= 0.6 is 15.9 Å². The molecule has 76 valence electrons. The Balaban J connectivity index is 2.83. The van der Waals surface area contributed by atoms with Crippen LogP contribution in [0.15, 0.2) is 22.7 Å². The van der Waals surface area contributed by atoms with Gasteiger partial charge in [-0.2, -0.15) is 0 Å². The van der Waals surface area contributed by atoms with Gasteiger partial charge in [0.25, 0.3) is 0 Å². The lowest BCUT2D eigenvalue weighted by atomic mass is 10.3. The highest BCUT2D eigenvalue weighted by Crippen LogP contribution is 2.27. The van der Waals surface area contributed by atoms with Crippen molar-refractivity contribution < 1.29 is 9.53 Å². The zero-order valence-electron chi connectivity index (χ0n) is 7.92. The van der Waals surface area contributed by atoms with E-state index in [9.17, 15) is 4.79 Å². The van der Waals surface area contributed by atoms with Gasteiger partial charge in [-0.3, -0.25) is 4.79 Å². The first-order valence-electron chi connectivity index (χ1n) is 4.40. The number of benzene rings is 1. The molecule has 0 unspecified atom stereocenters. The van der Waals surface area contributed by atoms with Gasteiger partial charge in [-0.1, -0.05) is 22.9 Å². The van der Waals surface area contributed by atoms with Gasteiger partial charge in [0.1, 0.15) is 5.75 Å². The smallest absolute Gasteiger partial charge is 0.211 e. The molecule has 1 rings (SSSR count). The lowest BCUT2D eigenvalue weighted by molar-refractivity contribution is -0.105. The summed E-state index contributed by atoms with van der Waals surface area (Å²) in [4.78, 5) is 10.3. The van der Waals surface area contributed by atoms with Crippen molar-refractivity contribution in [3.05, 3.63) is 22.7 Å². The second-order valence-corrected chi connectivity index (χ2v) is 3.67. The highest BCUT2D eigenvalue weighted by Gasteiger charge is 2.02. The van der Waals surface area contributed by atoms with Crippen molar-refractivity contribution in [2.75, 3.05) is 11.9 Å². The fourth-order valence-electron chi connectivity index (χ4n) is 1.02. The normalized spacial score (nSPS) is 9.57. The minimum atomic E-state index is 0.639. The molecule has 0 aliphatic rings. The van der Waals surface area contributed by atoms with E-state index in [1.54, 1.807) is 6.07 Å².